The number of allylic oxidation sites excluding steroid dienone is 1. The van der Waals surface area contributed by atoms with E-state index in [4.69, 9.17) is 23.2 Å². The van der Waals surface area contributed by atoms with E-state index in [1.165, 1.54) is 18.2 Å². The number of carboxylic acid groups (broad SMARTS) is 1. The molecule has 0 radical (unpaired) electrons. The minimum Gasteiger partial charge on any atom is -0.478 e. The standard InChI is InChI=1S/C17H18Cl2N2O5S/c18-10-7-11(19)9-12(8-10)27(25,26)21-6-2-5-15(21)16(22)20-14-4-1-3-13(14)17(23)24/h7-9,15H,1-6H2,(H,20,22)(H,23,24). The topological polar surface area (TPSA) is 104 Å². The van der Waals surface area contributed by atoms with Gasteiger partial charge >= 0.3 is 5.97 Å². The van der Waals surface area contributed by atoms with Crippen LogP contribution in [-0.4, -0.2) is 42.3 Å². The van der Waals surface area contributed by atoms with Crippen molar-refractivity contribution in [2.75, 3.05) is 6.54 Å². The van der Waals surface area contributed by atoms with Gasteiger partial charge in [0.15, 0.2) is 0 Å². The number of hydrogen-bond donors (Lipinski definition) is 2. The molecule has 7 nitrogen and oxygen atoms in total. The maximum Gasteiger partial charge on any atom is 0.333 e. The van der Waals surface area contributed by atoms with E-state index in [1.54, 1.807) is 0 Å². The second-order valence-corrected chi connectivity index (χ2v) is 9.25. The molecule has 1 heterocycles. The van der Waals surface area contributed by atoms with Crippen molar-refractivity contribution in [3.05, 3.63) is 39.5 Å². The highest BCUT2D eigenvalue weighted by Crippen LogP contribution is 2.31. The molecule has 0 bridgehead atoms. The fourth-order valence-electron chi connectivity index (χ4n) is 3.45. The van der Waals surface area contributed by atoms with Crippen LogP contribution in [0.2, 0.25) is 10.0 Å². The molecule has 1 atom stereocenters. The summed E-state index contributed by atoms with van der Waals surface area (Å²) in [4.78, 5) is 23.9. The van der Waals surface area contributed by atoms with Gasteiger partial charge in [-0.3, -0.25) is 4.79 Å². The molecule has 146 valence electrons. The molecule has 1 aromatic rings. The summed E-state index contributed by atoms with van der Waals surface area (Å²) in [7, 11) is -3.97. The molecule has 0 aromatic heterocycles. The number of aliphatic carboxylic acids is 1. The Morgan fingerprint density at radius 2 is 1.78 bits per heavy atom. The van der Waals surface area contributed by atoms with Crippen LogP contribution in [0.1, 0.15) is 32.1 Å². The first-order chi connectivity index (χ1) is 12.7. The van der Waals surface area contributed by atoms with E-state index in [9.17, 15) is 23.1 Å². The lowest BCUT2D eigenvalue weighted by Crippen LogP contribution is -2.45. The van der Waals surface area contributed by atoms with Crippen LogP contribution >= 0.6 is 23.2 Å². The van der Waals surface area contributed by atoms with Crippen LogP contribution in [-0.2, 0) is 19.6 Å². The normalized spacial score (nSPS) is 20.9. The Hall–Kier alpha value is -1.61. The van der Waals surface area contributed by atoms with E-state index in [1.807, 2.05) is 0 Å². The Bertz CT molecular complexity index is 909. The van der Waals surface area contributed by atoms with Gasteiger partial charge in [0.1, 0.15) is 6.04 Å². The van der Waals surface area contributed by atoms with Crippen LogP contribution < -0.4 is 5.32 Å². The molecule has 1 fully saturated rings. The first-order valence-electron chi connectivity index (χ1n) is 8.44. The van der Waals surface area contributed by atoms with E-state index in [0.717, 1.165) is 4.31 Å². The number of nitrogens with zero attached hydrogens (tertiary/aromatic N) is 1. The highest BCUT2D eigenvalue weighted by atomic mass is 35.5. The number of carbonyl (C=O) groups is 2. The Morgan fingerprint density at radius 1 is 1.11 bits per heavy atom. The average molecular weight is 433 g/mol. The van der Waals surface area contributed by atoms with Crippen molar-refractivity contribution < 1.29 is 23.1 Å². The second kappa shape index (κ2) is 7.79. The SMILES string of the molecule is O=C(O)C1=C(NC(=O)C2CCCN2S(=O)(=O)c2cc(Cl)cc(Cl)c2)CCC1. The van der Waals surface area contributed by atoms with Crippen molar-refractivity contribution in [3.8, 4) is 0 Å². The fraction of sp³-hybridized carbons (Fsp3) is 0.412. The monoisotopic (exact) mass is 432 g/mol. The Kier molecular flexibility index (Phi) is 5.81. The molecule has 1 amide bonds. The molecule has 2 N–H and O–H groups in total. The number of amides is 1. The molecule has 27 heavy (non-hydrogen) atoms. The predicted molar refractivity (Wildman–Crippen MR) is 100 cm³/mol. The van der Waals surface area contributed by atoms with Crippen molar-refractivity contribution in [2.45, 2.75) is 43.0 Å². The lowest BCUT2D eigenvalue weighted by molar-refractivity contribution is -0.132. The number of carbonyl (C=O) groups excluding carboxylic acids is 1. The maximum absolute atomic E-state index is 13.0. The molecule has 1 aliphatic heterocycles. The smallest absolute Gasteiger partial charge is 0.333 e. The Balaban J connectivity index is 1.85. The summed E-state index contributed by atoms with van der Waals surface area (Å²) >= 11 is 11.8. The van der Waals surface area contributed by atoms with Crippen molar-refractivity contribution >= 4 is 45.1 Å². The zero-order valence-electron chi connectivity index (χ0n) is 14.2. The summed E-state index contributed by atoms with van der Waals surface area (Å²) < 4.78 is 27.1. The van der Waals surface area contributed by atoms with Gasteiger partial charge in [0.2, 0.25) is 15.9 Å². The first kappa shape index (κ1) is 20.1. The summed E-state index contributed by atoms with van der Waals surface area (Å²) in [6.07, 6.45) is 2.37. The number of nitrogens with one attached hydrogen (secondary N) is 1. The second-order valence-electron chi connectivity index (χ2n) is 6.48. The van der Waals surface area contributed by atoms with Crippen LogP contribution in [0, 0.1) is 0 Å². The van der Waals surface area contributed by atoms with Gasteiger partial charge in [0.25, 0.3) is 0 Å². The molecular weight excluding hydrogens is 415 g/mol. The molecule has 0 saturated carbocycles. The summed E-state index contributed by atoms with van der Waals surface area (Å²) in [5.74, 6) is -1.58. The van der Waals surface area contributed by atoms with Gasteiger partial charge in [-0.25, -0.2) is 13.2 Å². The highest BCUT2D eigenvalue weighted by Gasteiger charge is 2.40. The minimum atomic E-state index is -3.97. The van der Waals surface area contributed by atoms with Crippen LogP contribution in [0.3, 0.4) is 0 Å². The average Bonchev–Trinajstić information content (AvgIpc) is 3.23. The van der Waals surface area contributed by atoms with E-state index in [2.05, 4.69) is 5.32 Å². The summed E-state index contributed by atoms with van der Waals surface area (Å²) in [6, 6.07) is 3.10. The van der Waals surface area contributed by atoms with Gasteiger partial charge in [0.05, 0.1) is 10.5 Å². The van der Waals surface area contributed by atoms with Crippen LogP contribution in [0.25, 0.3) is 0 Å². The Labute approximate surface area is 167 Å². The third-order valence-electron chi connectivity index (χ3n) is 4.70. The van der Waals surface area contributed by atoms with E-state index in [0.29, 0.717) is 37.8 Å². The number of benzene rings is 1. The van der Waals surface area contributed by atoms with Crippen molar-refractivity contribution in [3.63, 3.8) is 0 Å². The van der Waals surface area contributed by atoms with E-state index in [-0.39, 0.29) is 27.1 Å². The Morgan fingerprint density at radius 3 is 2.41 bits per heavy atom. The molecule has 10 heteroatoms. The van der Waals surface area contributed by atoms with Crippen molar-refractivity contribution in [2.24, 2.45) is 0 Å². The largest absolute Gasteiger partial charge is 0.478 e. The molecule has 2 aliphatic rings. The van der Waals surface area contributed by atoms with E-state index >= 15 is 0 Å². The van der Waals surface area contributed by atoms with E-state index < -0.39 is 27.9 Å². The predicted octanol–water partition coefficient (Wildman–Crippen LogP) is 2.79. The zero-order chi connectivity index (χ0) is 19.8. The molecule has 0 spiro atoms. The van der Waals surface area contributed by atoms with Gasteiger partial charge in [-0.15, -0.1) is 0 Å². The molecule has 3 rings (SSSR count). The lowest BCUT2D eigenvalue weighted by Gasteiger charge is -2.24. The van der Waals surface area contributed by atoms with Gasteiger partial charge in [-0.05, 0) is 50.3 Å². The molecule has 1 aliphatic carbocycles. The highest BCUT2D eigenvalue weighted by molar-refractivity contribution is 7.89. The third kappa shape index (κ3) is 4.13. The van der Waals surface area contributed by atoms with Gasteiger partial charge in [0, 0.05) is 22.3 Å². The molecule has 1 saturated heterocycles. The van der Waals surface area contributed by atoms with Crippen molar-refractivity contribution in [1.29, 1.82) is 0 Å². The van der Waals surface area contributed by atoms with Crippen molar-refractivity contribution in [1.82, 2.24) is 9.62 Å². The minimum absolute atomic E-state index is 0.0778. The summed E-state index contributed by atoms with van der Waals surface area (Å²) in [6.45, 7) is 0.190. The number of halogens is 2. The van der Waals surface area contributed by atoms with Crippen LogP contribution in [0.4, 0.5) is 0 Å². The summed E-state index contributed by atoms with van der Waals surface area (Å²) in [5, 5.41) is 12.2. The van der Waals surface area contributed by atoms with Crippen LogP contribution in [0.15, 0.2) is 34.4 Å². The number of carboxylic acids is 1. The third-order valence-corrected chi connectivity index (χ3v) is 7.02. The number of rotatable bonds is 5. The quantitative estimate of drug-likeness (QED) is 0.743. The maximum atomic E-state index is 13.0. The van der Waals surface area contributed by atoms with Gasteiger partial charge in [-0.1, -0.05) is 23.2 Å². The molecule has 1 unspecified atom stereocenters. The van der Waals surface area contributed by atoms with Gasteiger partial charge in [-0.2, -0.15) is 4.31 Å². The first-order valence-corrected chi connectivity index (χ1v) is 10.6. The van der Waals surface area contributed by atoms with Gasteiger partial charge < -0.3 is 10.4 Å². The number of hydrogen-bond acceptors (Lipinski definition) is 4. The summed E-state index contributed by atoms with van der Waals surface area (Å²) in [5.41, 5.74) is 0.542. The zero-order valence-corrected chi connectivity index (χ0v) is 16.6. The van der Waals surface area contributed by atoms with Crippen LogP contribution in [0.5, 0.6) is 0 Å². The molecule has 1 aromatic carbocycles. The fourth-order valence-corrected chi connectivity index (χ4v) is 5.84. The number of sulfonamides is 1. The molecular formula is C17H18Cl2N2O5S. The lowest BCUT2D eigenvalue weighted by atomic mass is 10.2.